The van der Waals surface area contributed by atoms with Crippen molar-refractivity contribution < 1.29 is 9.18 Å². The molecule has 128 valence electrons. The fraction of sp³-hybridized carbons (Fsp3) is 0.167. The third-order valence-corrected chi connectivity index (χ3v) is 4.50. The highest BCUT2D eigenvalue weighted by Crippen LogP contribution is 2.23. The zero-order valence-electron chi connectivity index (χ0n) is 13.8. The van der Waals surface area contributed by atoms with Gasteiger partial charge in [-0.1, -0.05) is 12.1 Å². The number of hydrogen-bond donors (Lipinski definition) is 1. The van der Waals surface area contributed by atoms with Gasteiger partial charge in [-0.3, -0.25) is 4.79 Å². The highest BCUT2D eigenvalue weighted by Gasteiger charge is 2.23. The third-order valence-electron chi connectivity index (χ3n) is 3.78. The maximum absolute atomic E-state index is 13.7. The molecule has 0 saturated heterocycles. The Hall–Kier alpha value is -2.67. The van der Waals surface area contributed by atoms with Crippen LogP contribution in [0.1, 0.15) is 27.8 Å². The van der Waals surface area contributed by atoms with E-state index in [1.165, 1.54) is 23.9 Å². The first-order valence-corrected chi connectivity index (χ1v) is 8.85. The number of halogens is 1. The number of aromatic nitrogens is 3. The maximum atomic E-state index is 13.7. The number of carbonyl (C=O) groups is 1. The lowest BCUT2D eigenvalue weighted by molar-refractivity contribution is 0.0937. The molecule has 1 atom stereocenters. The molecule has 2 aromatic heterocycles. The SMILES string of the molecule is CSc1ncccc1C(=O)N[C@H](c1cccc(F)c1)c1nccn1C. The number of aryl methyl sites for hydroxylation is 1. The third kappa shape index (κ3) is 3.71. The average molecular weight is 356 g/mol. The minimum atomic E-state index is -0.571. The van der Waals surface area contributed by atoms with Gasteiger partial charge in [0.15, 0.2) is 0 Å². The first-order chi connectivity index (χ1) is 12.1. The Labute approximate surface area is 149 Å². The number of carbonyl (C=O) groups excluding carboxylic acids is 1. The molecule has 2 heterocycles. The second-order valence-corrected chi connectivity index (χ2v) is 6.21. The highest BCUT2D eigenvalue weighted by molar-refractivity contribution is 7.98. The molecule has 1 aromatic carbocycles. The summed E-state index contributed by atoms with van der Waals surface area (Å²) in [5, 5.41) is 3.59. The van der Waals surface area contributed by atoms with Crippen molar-refractivity contribution in [3.63, 3.8) is 0 Å². The minimum absolute atomic E-state index is 0.283. The molecule has 1 amide bonds. The van der Waals surface area contributed by atoms with Gasteiger partial charge in [0.2, 0.25) is 0 Å². The summed E-state index contributed by atoms with van der Waals surface area (Å²) < 4.78 is 15.5. The minimum Gasteiger partial charge on any atom is -0.338 e. The number of nitrogens with one attached hydrogen (secondary N) is 1. The number of pyridine rings is 1. The second-order valence-electron chi connectivity index (χ2n) is 5.42. The number of amides is 1. The first-order valence-electron chi connectivity index (χ1n) is 7.62. The molecular formula is C18H17FN4OS. The van der Waals surface area contributed by atoms with E-state index in [4.69, 9.17) is 0 Å². The van der Waals surface area contributed by atoms with Crippen LogP contribution in [-0.4, -0.2) is 26.7 Å². The smallest absolute Gasteiger partial charge is 0.254 e. The predicted molar refractivity (Wildman–Crippen MR) is 94.9 cm³/mol. The Morgan fingerprint density at radius 3 is 2.76 bits per heavy atom. The van der Waals surface area contributed by atoms with Crippen LogP contribution in [0.2, 0.25) is 0 Å². The second kappa shape index (κ2) is 7.48. The lowest BCUT2D eigenvalue weighted by Gasteiger charge is -2.20. The van der Waals surface area contributed by atoms with Crippen LogP contribution in [0.4, 0.5) is 4.39 Å². The normalized spacial score (nSPS) is 12.0. The van der Waals surface area contributed by atoms with Gasteiger partial charge in [-0.15, -0.1) is 11.8 Å². The van der Waals surface area contributed by atoms with E-state index in [1.807, 2.05) is 13.3 Å². The van der Waals surface area contributed by atoms with Crippen molar-refractivity contribution in [3.8, 4) is 0 Å². The summed E-state index contributed by atoms with van der Waals surface area (Å²) in [6.45, 7) is 0. The number of rotatable bonds is 5. The number of hydrogen-bond acceptors (Lipinski definition) is 4. The van der Waals surface area contributed by atoms with Crippen molar-refractivity contribution >= 4 is 17.7 Å². The van der Waals surface area contributed by atoms with E-state index >= 15 is 0 Å². The van der Waals surface area contributed by atoms with Crippen molar-refractivity contribution in [2.45, 2.75) is 11.1 Å². The highest BCUT2D eigenvalue weighted by atomic mass is 32.2. The monoisotopic (exact) mass is 356 g/mol. The Morgan fingerprint density at radius 1 is 1.24 bits per heavy atom. The van der Waals surface area contributed by atoms with Gasteiger partial charge in [0, 0.05) is 25.6 Å². The molecule has 0 radical (unpaired) electrons. The summed E-state index contributed by atoms with van der Waals surface area (Å²) in [6.07, 6.45) is 6.93. The Morgan fingerprint density at radius 2 is 2.08 bits per heavy atom. The topological polar surface area (TPSA) is 59.8 Å². The summed E-state index contributed by atoms with van der Waals surface area (Å²) in [7, 11) is 1.83. The summed E-state index contributed by atoms with van der Waals surface area (Å²) in [6, 6.07) is 9.01. The molecule has 3 rings (SSSR count). The van der Waals surface area contributed by atoms with Crippen molar-refractivity contribution in [2.75, 3.05) is 6.26 Å². The van der Waals surface area contributed by atoms with Crippen LogP contribution in [-0.2, 0) is 7.05 Å². The molecule has 0 bridgehead atoms. The van der Waals surface area contributed by atoms with Gasteiger partial charge in [0.05, 0.1) is 5.56 Å². The van der Waals surface area contributed by atoms with Crippen LogP contribution >= 0.6 is 11.8 Å². The van der Waals surface area contributed by atoms with Crippen molar-refractivity contribution in [2.24, 2.45) is 7.05 Å². The average Bonchev–Trinajstić information content (AvgIpc) is 3.05. The summed E-state index contributed by atoms with van der Waals surface area (Å²) in [5.74, 6) is -0.0274. The van der Waals surface area contributed by atoms with E-state index in [0.29, 0.717) is 22.0 Å². The molecule has 0 unspecified atom stereocenters. The fourth-order valence-corrected chi connectivity index (χ4v) is 3.12. The first kappa shape index (κ1) is 17.2. The Kier molecular flexibility index (Phi) is 5.14. The molecule has 0 spiro atoms. The van der Waals surface area contributed by atoms with Gasteiger partial charge in [-0.25, -0.2) is 14.4 Å². The zero-order valence-corrected chi connectivity index (χ0v) is 14.6. The maximum Gasteiger partial charge on any atom is 0.254 e. The van der Waals surface area contributed by atoms with Gasteiger partial charge >= 0.3 is 0 Å². The van der Waals surface area contributed by atoms with E-state index in [-0.39, 0.29) is 11.7 Å². The molecule has 0 aliphatic heterocycles. The molecule has 0 saturated carbocycles. The zero-order chi connectivity index (χ0) is 17.8. The van der Waals surface area contributed by atoms with Crippen LogP contribution in [0, 0.1) is 5.82 Å². The molecule has 25 heavy (non-hydrogen) atoms. The van der Waals surface area contributed by atoms with Crippen molar-refractivity contribution in [3.05, 3.63) is 77.8 Å². The number of benzene rings is 1. The number of imidazole rings is 1. The molecule has 0 aliphatic rings. The van der Waals surface area contributed by atoms with Crippen LogP contribution < -0.4 is 5.32 Å². The molecule has 0 aliphatic carbocycles. The van der Waals surface area contributed by atoms with Gasteiger partial charge in [-0.2, -0.15) is 0 Å². The predicted octanol–water partition coefficient (Wildman–Crippen LogP) is 3.20. The molecule has 1 N–H and O–H groups in total. The molecular weight excluding hydrogens is 339 g/mol. The van der Waals surface area contributed by atoms with E-state index in [2.05, 4.69) is 15.3 Å². The summed E-state index contributed by atoms with van der Waals surface area (Å²) >= 11 is 1.40. The van der Waals surface area contributed by atoms with Crippen molar-refractivity contribution in [1.29, 1.82) is 0 Å². The molecule has 7 heteroatoms. The van der Waals surface area contributed by atoms with E-state index in [0.717, 1.165) is 0 Å². The molecule has 5 nitrogen and oxygen atoms in total. The molecule has 3 aromatic rings. The standard InChI is InChI=1S/C18H17FN4OS/c1-23-10-9-20-16(23)15(12-5-3-6-13(19)11-12)22-17(24)14-7-4-8-21-18(14)25-2/h3-11,15H,1-2H3,(H,22,24)/t15-/m1/s1. The Balaban J connectivity index is 1.98. The Bertz CT molecular complexity index is 896. The summed E-state index contributed by atoms with van der Waals surface area (Å²) in [4.78, 5) is 21.3. The van der Waals surface area contributed by atoms with E-state index in [1.54, 1.807) is 47.4 Å². The summed E-state index contributed by atoms with van der Waals surface area (Å²) in [5.41, 5.74) is 1.10. The van der Waals surface area contributed by atoms with Crippen LogP contribution in [0.5, 0.6) is 0 Å². The van der Waals surface area contributed by atoms with Gasteiger partial charge in [-0.05, 0) is 36.1 Å². The van der Waals surface area contributed by atoms with Crippen LogP contribution in [0.25, 0.3) is 0 Å². The van der Waals surface area contributed by atoms with Gasteiger partial charge in [0.25, 0.3) is 5.91 Å². The van der Waals surface area contributed by atoms with E-state index in [9.17, 15) is 9.18 Å². The fourth-order valence-electron chi connectivity index (χ4n) is 2.57. The van der Waals surface area contributed by atoms with Crippen LogP contribution in [0.15, 0.2) is 60.0 Å². The number of nitrogens with zero attached hydrogens (tertiary/aromatic N) is 3. The lowest BCUT2D eigenvalue weighted by atomic mass is 10.1. The largest absolute Gasteiger partial charge is 0.338 e. The van der Waals surface area contributed by atoms with Crippen LogP contribution in [0.3, 0.4) is 0 Å². The van der Waals surface area contributed by atoms with Gasteiger partial charge < -0.3 is 9.88 Å². The van der Waals surface area contributed by atoms with Crippen molar-refractivity contribution in [1.82, 2.24) is 19.9 Å². The molecule has 0 fully saturated rings. The number of thioether (sulfide) groups is 1. The van der Waals surface area contributed by atoms with E-state index < -0.39 is 6.04 Å². The quantitative estimate of drug-likeness (QED) is 0.713. The lowest BCUT2D eigenvalue weighted by Crippen LogP contribution is -2.31. The van der Waals surface area contributed by atoms with Gasteiger partial charge in [0.1, 0.15) is 22.7 Å².